The molecule has 1 spiro atoms. The van der Waals surface area contributed by atoms with Crippen molar-refractivity contribution in [3.8, 4) is 0 Å². The molecule has 0 aliphatic carbocycles. The fraction of sp³-hybridized carbons (Fsp3) is 0.579. The van der Waals surface area contributed by atoms with Gasteiger partial charge in [0.2, 0.25) is 5.91 Å². The number of guanidine groups is 1. The van der Waals surface area contributed by atoms with Gasteiger partial charge in [-0.05, 0) is 37.5 Å². The molecule has 1 aromatic carbocycles. The average Bonchev–Trinajstić information content (AvgIpc) is 3.21. The molecule has 1 unspecified atom stereocenters. The van der Waals surface area contributed by atoms with E-state index < -0.39 is 0 Å². The number of anilines is 1. The summed E-state index contributed by atoms with van der Waals surface area (Å²) in [5, 5.41) is 6.23. The Morgan fingerprint density at radius 1 is 1.38 bits per heavy atom. The van der Waals surface area contributed by atoms with Crippen molar-refractivity contribution in [1.82, 2.24) is 10.2 Å². The maximum absolute atomic E-state index is 11.2. The Morgan fingerprint density at radius 3 is 2.92 bits per heavy atom. The molecule has 26 heavy (non-hydrogen) atoms. The van der Waals surface area contributed by atoms with E-state index in [9.17, 15) is 4.79 Å². The first kappa shape index (κ1) is 21.0. The number of nitrogens with one attached hydrogen (secondary N) is 2. The minimum absolute atomic E-state index is 0. The van der Waals surface area contributed by atoms with Gasteiger partial charge in [-0.2, -0.15) is 0 Å². The van der Waals surface area contributed by atoms with E-state index in [0.29, 0.717) is 12.0 Å². The van der Waals surface area contributed by atoms with Gasteiger partial charge in [-0.15, -0.1) is 24.0 Å². The molecule has 6 nitrogen and oxygen atoms in total. The van der Waals surface area contributed by atoms with E-state index in [4.69, 9.17) is 9.73 Å². The molecule has 2 N–H and O–H groups in total. The summed E-state index contributed by atoms with van der Waals surface area (Å²) >= 11 is 0. The van der Waals surface area contributed by atoms with Crippen LogP contribution in [-0.4, -0.2) is 49.6 Å². The standard InChI is InChI=1S/C19H28N4O2.HI/c1-3-20-18(23-9-7-19(13-23)8-10-25-14-19)21-12-16-5-4-6-17(11-16)22-15(2)24;/h4-6,11H,3,7-10,12-14H2,1-2H3,(H,20,21)(H,22,24);1H. The van der Waals surface area contributed by atoms with E-state index in [1.165, 1.54) is 13.3 Å². The van der Waals surface area contributed by atoms with Crippen LogP contribution in [0.25, 0.3) is 0 Å². The van der Waals surface area contributed by atoms with Crippen LogP contribution < -0.4 is 10.6 Å². The number of carbonyl (C=O) groups excluding carboxylic acids is 1. The van der Waals surface area contributed by atoms with Crippen LogP contribution in [0.5, 0.6) is 0 Å². The average molecular weight is 472 g/mol. The lowest BCUT2D eigenvalue weighted by Crippen LogP contribution is -2.41. The number of carbonyl (C=O) groups is 1. The fourth-order valence-electron chi connectivity index (χ4n) is 3.63. The Hall–Kier alpha value is -1.35. The number of rotatable bonds is 4. The van der Waals surface area contributed by atoms with Crippen LogP contribution in [0.2, 0.25) is 0 Å². The summed E-state index contributed by atoms with van der Waals surface area (Å²) in [5.41, 5.74) is 2.22. The summed E-state index contributed by atoms with van der Waals surface area (Å²) in [5.74, 6) is 0.909. The molecule has 2 fully saturated rings. The lowest BCUT2D eigenvalue weighted by molar-refractivity contribution is -0.114. The summed E-state index contributed by atoms with van der Waals surface area (Å²) < 4.78 is 5.62. The third-order valence-electron chi connectivity index (χ3n) is 4.92. The van der Waals surface area contributed by atoms with Gasteiger partial charge in [-0.25, -0.2) is 4.99 Å². The van der Waals surface area contributed by atoms with Crippen LogP contribution in [0.3, 0.4) is 0 Å². The van der Waals surface area contributed by atoms with E-state index in [1.54, 1.807) is 0 Å². The van der Waals surface area contributed by atoms with Crippen molar-refractivity contribution >= 4 is 41.5 Å². The second-order valence-electron chi connectivity index (χ2n) is 7.03. The fourth-order valence-corrected chi connectivity index (χ4v) is 3.63. The number of likely N-dealkylation sites (tertiary alicyclic amines) is 1. The van der Waals surface area contributed by atoms with Crippen molar-refractivity contribution in [3.05, 3.63) is 29.8 Å². The molecule has 2 saturated heterocycles. The van der Waals surface area contributed by atoms with Crippen LogP contribution in [0.1, 0.15) is 32.3 Å². The molecule has 2 aliphatic rings. The van der Waals surface area contributed by atoms with Crippen LogP contribution in [0.15, 0.2) is 29.3 Å². The topological polar surface area (TPSA) is 66.0 Å². The molecule has 0 aromatic heterocycles. The third-order valence-corrected chi connectivity index (χ3v) is 4.92. The maximum atomic E-state index is 11.2. The van der Waals surface area contributed by atoms with Crippen molar-refractivity contribution in [2.24, 2.45) is 10.4 Å². The maximum Gasteiger partial charge on any atom is 0.221 e. The number of nitrogens with zero attached hydrogens (tertiary/aromatic N) is 2. The van der Waals surface area contributed by atoms with Crippen LogP contribution in [-0.2, 0) is 16.1 Å². The first-order valence-corrected chi connectivity index (χ1v) is 9.08. The Bertz CT molecular complexity index is 644. The molecule has 2 heterocycles. The molecule has 144 valence electrons. The van der Waals surface area contributed by atoms with Crippen molar-refractivity contribution in [2.75, 3.05) is 38.2 Å². The van der Waals surface area contributed by atoms with Crippen molar-refractivity contribution in [1.29, 1.82) is 0 Å². The second-order valence-corrected chi connectivity index (χ2v) is 7.03. The Morgan fingerprint density at radius 2 is 2.23 bits per heavy atom. The van der Waals surface area contributed by atoms with Crippen molar-refractivity contribution < 1.29 is 9.53 Å². The zero-order valence-electron chi connectivity index (χ0n) is 15.6. The lowest BCUT2D eigenvalue weighted by Gasteiger charge is -2.25. The molecule has 3 rings (SSSR count). The molecule has 0 saturated carbocycles. The van der Waals surface area contributed by atoms with Gasteiger partial charge in [0.05, 0.1) is 13.2 Å². The minimum Gasteiger partial charge on any atom is -0.381 e. The number of benzene rings is 1. The van der Waals surface area contributed by atoms with E-state index in [2.05, 4.69) is 22.5 Å². The first-order chi connectivity index (χ1) is 12.1. The quantitative estimate of drug-likeness (QED) is 0.402. The number of aliphatic imine (C=N–C) groups is 1. The summed E-state index contributed by atoms with van der Waals surface area (Å²) in [6.45, 7) is 8.87. The van der Waals surface area contributed by atoms with Crippen LogP contribution in [0, 0.1) is 5.41 Å². The Labute approximate surface area is 172 Å². The van der Waals surface area contributed by atoms with Crippen molar-refractivity contribution in [3.63, 3.8) is 0 Å². The van der Waals surface area contributed by atoms with Gasteiger partial charge in [-0.1, -0.05) is 12.1 Å². The first-order valence-electron chi connectivity index (χ1n) is 9.08. The predicted octanol–water partition coefficient (Wildman–Crippen LogP) is 2.84. The van der Waals surface area contributed by atoms with E-state index >= 15 is 0 Å². The normalized spacial score (nSPS) is 22.4. The zero-order chi connectivity index (χ0) is 17.7. The molecule has 0 radical (unpaired) electrons. The summed E-state index contributed by atoms with van der Waals surface area (Å²) in [6, 6.07) is 7.85. The van der Waals surface area contributed by atoms with Crippen LogP contribution >= 0.6 is 24.0 Å². The minimum atomic E-state index is -0.0601. The Kier molecular flexibility index (Phi) is 7.69. The van der Waals surface area contributed by atoms with Gasteiger partial charge >= 0.3 is 0 Å². The van der Waals surface area contributed by atoms with Gasteiger partial charge in [0.1, 0.15) is 0 Å². The van der Waals surface area contributed by atoms with Gasteiger partial charge < -0.3 is 20.3 Å². The molecule has 1 aromatic rings. The van der Waals surface area contributed by atoms with Gasteiger partial charge in [0.25, 0.3) is 0 Å². The largest absolute Gasteiger partial charge is 0.381 e. The van der Waals surface area contributed by atoms with Crippen molar-refractivity contribution in [2.45, 2.75) is 33.2 Å². The SMILES string of the molecule is CCNC(=NCc1cccc(NC(C)=O)c1)N1CCC2(CCOC2)C1.I. The molecule has 1 amide bonds. The highest BCUT2D eigenvalue weighted by Gasteiger charge is 2.42. The molecule has 0 bridgehead atoms. The number of amides is 1. The summed E-state index contributed by atoms with van der Waals surface area (Å²) in [7, 11) is 0. The highest BCUT2D eigenvalue weighted by Crippen LogP contribution is 2.38. The van der Waals surface area contributed by atoms with Gasteiger partial charge in [0, 0.05) is 44.3 Å². The molecular formula is C19H29IN4O2. The third kappa shape index (κ3) is 5.33. The molecular weight excluding hydrogens is 443 g/mol. The zero-order valence-corrected chi connectivity index (χ0v) is 17.9. The highest BCUT2D eigenvalue weighted by atomic mass is 127. The predicted molar refractivity (Wildman–Crippen MR) is 115 cm³/mol. The highest BCUT2D eigenvalue weighted by molar-refractivity contribution is 14.0. The number of ether oxygens (including phenoxy) is 1. The van der Waals surface area contributed by atoms with E-state index in [0.717, 1.165) is 56.5 Å². The molecule has 7 heteroatoms. The van der Waals surface area contributed by atoms with Gasteiger partial charge in [0.15, 0.2) is 5.96 Å². The van der Waals surface area contributed by atoms with Crippen LogP contribution in [0.4, 0.5) is 5.69 Å². The summed E-state index contributed by atoms with van der Waals surface area (Å²) in [4.78, 5) is 18.4. The Balaban J connectivity index is 0.00000243. The number of hydrogen-bond donors (Lipinski definition) is 2. The second kappa shape index (κ2) is 9.55. The van der Waals surface area contributed by atoms with E-state index in [-0.39, 0.29) is 29.9 Å². The van der Waals surface area contributed by atoms with Gasteiger partial charge in [-0.3, -0.25) is 4.79 Å². The molecule has 1 atom stereocenters. The smallest absolute Gasteiger partial charge is 0.221 e. The monoisotopic (exact) mass is 472 g/mol. The number of hydrogen-bond acceptors (Lipinski definition) is 3. The lowest BCUT2D eigenvalue weighted by atomic mass is 9.87. The van der Waals surface area contributed by atoms with E-state index in [1.807, 2.05) is 24.3 Å². The number of halogens is 1. The summed E-state index contributed by atoms with van der Waals surface area (Å²) in [6.07, 6.45) is 2.33. The molecule has 2 aliphatic heterocycles.